The first kappa shape index (κ1) is 30.1. The number of fused-ring (bicyclic) bond motifs is 7. The molecule has 0 unspecified atom stereocenters. The zero-order valence-corrected chi connectivity index (χ0v) is 24.9. The summed E-state index contributed by atoms with van der Waals surface area (Å²) in [6.45, 7) is 9.11. The fourth-order valence-corrected chi connectivity index (χ4v) is 9.28. The molecule has 0 bridgehead atoms. The van der Waals surface area contributed by atoms with E-state index in [9.17, 15) is 30.0 Å². The summed E-state index contributed by atoms with van der Waals surface area (Å²) >= 11 is 0. The number of aliphatic hydroxyl groups excluding tert-OH is 2. The average Bonchev–Trinajstić information content (AvgIpc) is 3.73. The van der Waals surface area contributed by atoms with Gasteiger partial charge in [0.1, 0.15) is 17.3 Å². The molecule has 4 aliphatic carbocycles. The molecule has 8 nitrogen and oxygen atoms in total. The van der Waals surface area contributed by atoms with Gasteiger partial charge in [0.2, 0.25) is 0 Å². The Balaban J connectivity index is 1.32. The van der Waals surface area contributed by atoms with Crippen molar-refractivity contribution < 1.29 is 39.5 Å². The van der Waals surface area contributed by atoms with E-state index in [2.05, 4.69) is 6.92 Å². The van der Waals surface area contributed by atoms with Gasteiger partial charge in [-0.25, -0.2) is 0 Å². The van der Waals surface area contributed by atoms with Crippen LogP contribution in [0.5, 0.6) is 0 Å². The Kier molecular flexibility index (Phi) is 7.65. The molecule has 0 aromatic carbocycles. The standard InChI is InChI=1S/C32H50O8/c1-6-7-8-9-10-11-12-13-14-15-22(34)39-30-17-20(3)31(37)21-16-19(2)25(35)32(21,38)27(36)29(18-33)26(40-29)23(31)24(30)28(30,4)5/h16,20-21,23-24,26-27,33,36-38H,6-15,17-18H2,1-5H3/t20-,21+,23-,24-,26-,27-,29+,30+,31+,32-/m1/s1. The summed E-state index contributed by atoms with van der Waals surface area (Å²) in [5.41, 5.74) is -6.50. The number of carbonyl (C=O) groups is 2. The molecule has 4 fully saturated rings. The first-order chi connectivity index (χ1) is 18.8. The van der Waals surface area contributed by atoms with Gasteiger partial charge >= 0.3 is 5.97 Å². The van der Waals surface area contributed by atoms with Gasteiger partial charge in [-0.3, -0.25) is 9.59 Å². The van der Waals surface area contributed by atoms with Crippen LogP contribution in [0.25, 0.3) is 0 Å². The molecule has 0 aromatic rings. The molecule has 0 aromatic heterocycles. The number of esters is 1. The lowest BCUT2D eigenvalue weighted by Gasteiger charge is -2.51. The summed E-state index contributed by atoms with van der Waals surface area (Å²) in [6.07, 6.45) is 10.3. The van der Waals surface area contributed by atoms with Gasteiger partial charge in [0.05, 0.1) is 18.3 Å². The van der Waals surface area contributed by atoms with Gasteiger partial charge in [-0.15, -0.1) is 0 Å². The van der Waals surface area contributed by atoms with Crippen molar-refractivity contribution in [2.24, 2.45) is 29.1 Å². The number of hydrogen-bond donors (Lipinski definition) is 4. The van der Waals surface area contributed by atoms with E-state index in [1.807, 2.05) is 20.8 Å². The van der Waals surface area contributed by atoms with Crippen LogP contribution in [-0.4, -0.2) is 73.4 Å². The minimum atomic E-state index is -2.30. The second kappa shape index (κ2) is 10.1. The van der Waals surface area contributed by atoms with E-state index in [0.29, 0.717) is 12.8 Å². The van der Waals surface area contributed by atoms with E-state index in [-0.39, 0.29) is 17.5 Å². The van der Waals surface area contributed by atoms with Gasteiger partial charge in [-0.1, -0.05) is 85.1 Å². The van der Waals surface area contributed by atoms with Crippen LogP contribution in [0.15, 0.2) is 11.6 Å². The summed E-state index contributed by atoms with van der Waals surface area (Å²) in [5, 5.41) is 46.1. The van der Waals surface area contributed by atoms with Crippen molar-refractivity contribution in [3.05, 3.63) is 11.6 Å². The van der Waals surface area contributed by atoms with E-state index < -0.39 is 70.2 Å². The SMILES string of the molecule is CCCCCCCCCCCC(=O)O[C@@]12C[C@@H](C)[C@@]3(O)[C@@H]([C@H]4O[C@]4(CO)[C@@H](O)[C@]4(O)C(=O)C(C)=C[C@H]43)[C@@H]1C2(C)C. The Morgan fingerprint density at radius 2 is 1.68 bits per heavy atom. The molecule has 4 N–H and O–H groups in total. The maximum absolute atomic E-state index is 13.2. The maximum Gasteiger partial charge on any atom is 0.306 e. The predicted octanol–water partition coefficient (Wildman–Crippen LogP) is 3.61. The largest absolute Gasteiger partial charge is 0.458 e. The van der Waals surface area contributed by atoms with Crippen molar-refractivity contribution in [2.75, 3.05) is 6.61 Å². The van der Waals surface area contributed by atoms with Crippen LogP contribution in [0.2, 0.25) is 0 Å². The molecule has 1 aliphatic heterocycles. The summed E-state index contributed by atoms with van der Waals surface area (Å²) in [4.78, 5) is 26.4. The Bertz CT molecular complexity index is 1050. The Morgan fingerprint density at radius 1 is 1.07 bits per heavy atom. The summed E-state index contributed by atoms with van der Waals surface area (Å²) in [5.74, 6) is -3.39. The number of hydrogen-bond acceptors (Lipinski definition) is 8. The summed E-state index contributed by atoms with van der Waals surface area (Å²) < 4.78 is 12.3. The lowest BCUT2D eigenvalue weighted by Crippen LogP contribution is -2.65. The second-order valence-electron chi connectivity index (χ2n) is 14.2. The highest BCUT2D eigenvalue weighted by molar-refractivity contribution is 6.05. The number of Topliss-reactive ketones (excluding diaryl/α,β-unsaturated/α-hetero) is 1. The number of ketones is 1. The van der Waals surface area contributed by atoms with Gasteiger partial charge in [-0.05, 0) is 31.3 Å². The van der Waals surface area contributed by atoms with Gasteiger partial charge in [0, 0.05) is 29.6 Å². The van der Waals surface area contributed by atoms with Crippen LogP contribution in [0.1, 0.15) is 105 Å². The number of rotatable bonds is 12. The molecule has 40 heavy (non-hydrogen) atoms. The molecule has 5 rings (SSSR count). The molecular weight excluding hydrogens is 512 g/mol. The number of carbonyl (C=O) groups excluding carboxylic acids is 2. The summed E-state index contributed by atoms with van der Waals surface area (Å²) in [7, 11) is 0. The van der Waals surface area contributed by atoms with Crippen LogP contribution < -0.4 is 0 Å². The van der Waals surface area contributed by atoms with E-state index >= 15 is 0 Å². The van der Waals surface area contributed by atoms with Gasteiger partial charge in [0.15, 0.2) is 11.4 Å². The van der Waals surface area contributed by atoms with Crippen molar-refractivity contribution in [1.29, 1.82) is 0 Å². The molecule has 8 heteroatoms. The third-order valence-corrected chi connectivity index (χ3v) is 11.7. The van der Waals surface area contributed by atoms with Crippen molar-refractivity contribution >= 4 is 11.8 Å². The maximum atomic E-state index is 13.2. The van der Waals surface area contributed by atoms with Crippen LogP contribution in [-0.2, 0) is 19.1 Å². The van der Waals surface area contributed by atoms with Crippen molar-refractivity contribution in [1.82, 2.24) is 0 Å². The Labute approximate surface area is 238 Å². The van der Waals surface area contributed by atoms with Gasteiger partial charge in [0.25, 0.3) is 0 Å². The van der Waals surface area contributed by atoms with Crippen LogP contribution in [0, 0.1) is 29.1 Å². The molecular formula is C32H50O8. The molecule has 5 aliphatic rings. The van der Waals surface area contributed by atoms with Crippen molar-refractivity contribution in [2.45, 2.75) is 140 Å². The quantitative estimate of drug-likeness (QED) is 0.161. The van der Waals surface area contributed by atoms with Crippen LogP contribution in [0.3, 0.4) is 0 Å². The highest BCUT2D eigenvalue weighted by atomic mass is 16.6. The van der Waals surface area contributed by atoms with E-state index in [0.717, 1.165) is 19.3 Å². The van der Waals surface area contributed by atoms with Crippen molar-refractivity contribution in [3.63, 3.8) is 0 Å². The molecule has 1 heterocycles. The first-order valence-electron chi connectivity index (χ1n) is 15.7. The van der Waals surface area contributed by atoms with E-state index in [1.54, 1.807) is 13.0 Å². The fourth-order valence-electron chi connectivity index (χ4n) is 9.28. The van der Waals surface area contributed by atoms with Crippen LogP contribution >= 0.6 is 0 Å². The fraction of sp³-hybridized carbons (Fsp3) is 0.875. The Morgan fingerprint density at radius 3 is 2.27 bits per heavy atom. The smallest absolute Gasteiger partial charge is 0.306 e. The number of unbranched alkanes of at least 4 members (excludes halogenated alkanes) is 8. The van der Waals surface area contributed by atoms with Crippen LogP contribution in [0.4, 0.5) is 0 Å². The zero-order valence-electron chi connectivity index (χ0n) is 24.9. The lowest BCUT2D eigenvalue weighted by molar-refractivity contribution is -0.215. The minimum Gasteiger partial charge on any atom is -0.458 e. The minimum absolute atomic E-state index is 0.238. The third kappa shape index (κ3) is 3.95. The number of aliphatic hydroxyl groups is 4. The highest BCUT2D eigenvalue weighted by Crippen LogP contribution is 2.79. The van der Waals surface area contributed by atoms with E-state index in [1.165, 1.54) is 38.5 Å². The third-order valence-electron chi connectivity index (χ3n) is 11.7. The highest BCUT2D eigenvalue weighted by Gasteiger charge is 2.90. The van der Waals surface area contributed by atoms with Crippen molar-refractivity contribution in [3.8, 4) is 0 Å². The molecule has 226 valence electrons. The summed E-state index contributed by atoms with van der Waals surface area (Å²) in [6, 6.07) is 0. The van der Waals surface area contributed by atoms with Gasteiger partial charge < -0.3 is 29.9 Å². The number of epoxide rings is 1. The molecule has 3 saturated carbocycles. The molecule has 0 amide bonds. The molecule has 1 saturated heterocycles. The normalized spacial score (nSPS) is 45.9. The molecule has 0 spiro atoms. The number of ether oxygens (including phenoxy) is 2. The molecule has 0 radical (unpaired) electrons. The Hall–Kier alpha value is -1.32. The lowest BCUT2D eigenvalue weighted by atomic mass is 9.59. The zero-order chi connectivity index (χ0) is 29.3. The van der Waals surface area contributed by atoms with Gasteiger partial charge in [-0.2, -0.15) is 0 Å². The predicted molar refractivity (Wildman–Crippen MR) is 148 cm³/mol. The average molecular weight is 563 g/mol. The van der Waals surface area contributed by atoms with E-state index in [4.69, 9.17) is 9.47 Å². The topological polar surface area (TPSA) is 137 Å². The molecule has 10 atom stereocenters. The second-order valence-corrected chi connectivity index (χ2v) is 14.2. The first-order valence-corrected chi connectivity index (χ1v) is 15.7. The monoisotopic (exact) mass is 562 g/mol.